The molecule has 2 rings (SSSR count). The number of hydrogen-bond donors (Lipinski definition) is 1. The Balaban J connectivity index is 2.27. The van der Waals surface area contributed by atoms with Crippen LogP contribution in [0.2, 0.25) is 0 Å². The Morgan fingerprint density at radius 1 is 1.47 bits per heavy atom. The van der Waals surface area contributed by atoms with Gasteiger partial charge in [-0.05, 0) is 20.3 Å². The molecule has 1 aliphatic heterocycles. The minimum atomic E-state index is -2.88. The lowest BCUT2D eigenvalue weighted by atomic mass is 10.1. The summed E-state index contributed by atoms with van der Waals surface area (Å²) < 4.78 is 22.9. The Bertz CT molecular complexity index is 513. The van der Waals surface area contributed by atoms with Crippen LogP contribution in [0.1, 0.15) is 30.8 Å². The van der Waals surface area contributed by atoms with Gasteiger partial charge in [0, 0.05) is 24.2 Å². The van der Waals surface area contributed by atoms with Gasteiger partial charge >= 0.3 is 0 Å². The Morgan fingerprint density at radius 3 is 2.82 bits per heavy atom. The first-order valence-corrected chi connectivity index (χ1v) is 7.62. The van der Waals surface area contributed by atoms with E-state index in [0.29, 0.717) is 12.2 Å². The SMILES string of the molecule is CCNc1cc(C)nc(C2CCS(=O)(=O)C2)n1. The van der Waals surface area contributed by atoms with E-state index in [1.165, 1.54) is 0 Å². The molecule has 1 unspecified atom stereocenters. The van der Waals surface area contributed by atoms with Gasteiger partial charge in [0.25, 0.3) is 0 Å². The van der Waals surface area contributed by atoms with Crippen LogP contribution in [0, 0.1) is 6.92 Å². The fourth-order valence-electron chi connectivity index (χ4n) is 2.04. The lowest BCUT2D eigenvalue weighted by Gasteiger charge is -2.10. The van der Waals surface area contributed by atoms with Crippen LogP contribution >= 0.6 is 0 Å². The second-order valence-electron chi connectivity index (χ2n) is 4.38. The van der Waals surface area contributed by atoms with E-state index in [1.54, 1.807) is 0 Å². The van der Waals surface area contributed by atoms with Gasteiger partial charge in [-0.1, -0.05) is 0 Å². The zero-order chi connectivity index (χ0) is 12.5. The largest absolute Gasteiger partial charge is 0.370 e. The fraction of sp³-hybridized carbons (Fsp3) is 0.636. The van der Waals surface area contributed by atoms with E-state index in [1.807, 2.05) is 19.9 Å². The van der Waals surface area contributed by atoms with Crippen LogP contribution in [-0.2, 0) is 9.84 Å². The van der Waals surface area contributed by atoms with Crippen LogP contribution in [0.4, 0.5) is 5.82 Å². The molecule has 1 N–H and O–H groups in total. The summed E-state index contributed by atoms with van der Waals surface area (Å²) in [5, 5.41) is 3.13. The summed E-state index contributed by atoms with van der Waals surface area (Å²) in [6, 6.07) is 1.87. The minimum absolute atomic E-state index is 0.0442. The normalized spacial score (nSPS) is 22.6. The lowest BCUT2D eigenvalue weighted by molar-refractivity contribution is 0.601. The van der Waals surface area contributed by atoms with Gasteiger partial charge in [-0.15, -0.1) is 0 Å². The van der Waals surface area contributed by atoms with Crippen LogP contribution in [0.25, 0.3) is 0 Å². The summed E-state index contributed by atoms with van der Waals surface area (Å²) in [4.78, 5) is 8.73. The Kier molecular flexibility index (Phi) is 3.33. The lowest BCUT2D eigenvalue weighted by Crippen LogP contribution is -2.10. The molecule has 0 spiro atoms. The van der Waals surface area contributed by atoms with Gasteiger partial charge in [0.1, 0.15) is 11.6 Å². The van der Waals surface area contributed by atoms with Crippen molar-refractivity contribution < 1.29 is 8.42 Å². The maximum atomic E-state index is 11.4. The van der Waals surface area contributed by atoms with Crippen molar-refractivity contribution in [1.29, 1.82) is 0 Å². The third-order valence-corrected chi connectivity index (χ3v) is 4.59. The molecule has 1 aromatic rings. The van der Waals surface area contributed by atoms with Crippen molar-refractivity contribution in [3.8, 4) is 0 Å². The highest BCUT2D eigenvalue weighted by molar-refractivity contribution is 7.91. The van der Waals surface area contributed by atoms with Crippen molar-refractivity contribution in [2.45, 2.75) is 26.2 Å². The average Bonchev–Trinajstić information content (AvgIpc) is 2.58. The van der Waals surface area contributed by atoms with Crippen molar-refractivity contribution in [3.63, 3.8) is 0 Å². The van der Waals surface area contributed by atoms with Crippen LogP contribution < -0.4 is 5.32 Å². The second kappa shape index (κ2) is 4.60. The maximum absolute atomic E-state index is 11.4. The van der Waals surface area contributed by atoms with Gasteiger partial charge in [0.05, 0.1) is 11.5 Å². The van der Waals surface area contributed by atoms with Crippen molar-refractivity contribution in [1.82, 2.24) is 9.97 Å². The van der Waals surface area contributed by atoms with Gasteiger partial charge in [-0.25, -0.2) is 18.4 Å². The number of hydrogen-bond acceptors (Lipinski definition) is 5. The molecule has 0 aromatic carbocycles. The van der Waals surface area contributed by atoms with E-state index in [0.717, 1.165) is 18.1 Å². The van der Waals surface area contributed by atoms with Crippen molar-refractivity contribution in [2.24, 2.45) is 0 Å². The Labute approximate surface area is 102 Å². The second-order valence-corrected chi connectivity index (χ2v) is 6.61. The number of aromatic nitrogens is 2. The molecule has 0 aliphatic carbocycles. The fourth-order valence-corrected chi connectivity index (χ4v) is 3.78. The molecule has 17 heavy (non-hydrogen) atoms. The highest BCUT2D eigenvalue weighted by atomic mass is 32.2. The number of rotatable bonds is 3. The van der Waals surface area contributed by atoms with Crippen LogP contribution in [0.5, 0.6) is 0 Å². The molecule has 94 valence electrons. The molecule has 5 nitrogen and oxygen atoms in total. The standard InChI is InChI=1S/C11H17N3O2S/c1-3-12-10-6-8(2)13-11(14-10)9-4-5-17(15,16)7-9/h6,9H,3-5,7H2,1-2H3,(H,12,13,14). The number of sulfone groups is 1. The van der Waals surface area contributed by atoms with Crippen LogP contribution in [-0.4, -0.2) is 36.4 Å². The molecule has 0 radical (unpaired) electrons. The van der Waals surface area contributed by atoms with Gasteiger partial charge < -0.3 is 5.32 Å². The van der Waals surface area contributed by atoms with Gasteiger partial charge in [-0.3, -0.25) is 0 Å². The third kappa shape index (κ3) is 2.94. The number of aryl methyl sites for hydroxylation is 1. The summed E-state index contributed by atoms with van der Waals surface area (Å²) >= 11 is 0. The molecule has 6 heteroatoms. The first kappa shape index (κ1) is 12.3. The molecule has 2 heterocycles. The molecule has 1 fully saturated rings. The highest BCUT2D eigenvalue weighted by Crippen LogP contribution is 2.27. The van der Waals surface area contributed by atoms with Crippen molar-refractivity contribution in [2.75, 3.05) is 23.4 Å². The summed E-state index contributed by atoms with van der Waals surface area (Å²) in [6.45, 7) is 4.69. The zero-order valence-corrected chi connectivity index (χ0v) is 10.9. The summed E-state index contributed by atoms with van der Waals surface area (Å²) in [5.41, 5.74) is 0.871. The molecular weight excluding hydrogens is 238 g/mol. The predicted octanol–water partition coefficient (Wildman–Crippen LogP) is 1.12. The molecule has 0 bridgehead atoms. The Hall–Kier alpha value is -1.17. The van der Waals surface area contributed by atoms with Crippen LogP contribution in [0.3, 0.4) is 0 Å². The van der Waals surface area contributed by atoms with E-state index >= 15 is 0 Å². The summed E-state index contributed by atoms with van der Waals surface area (Å²) in [7, 11) is -2.88. The third-order valence-electron chi connectivity index (χ3n) is 2.83. The smallest absolute Gasteiger partial charge is 0.151 e. The van der Waals surface area contributed by atoms with E-state index in [4.69, 9.17) is 0 Å². The molecule has 0 amide bonds. The van der Waals surface area contributed by atoms with Gasteiger partial charge in [0.2, 0.25) is 0 Å². The molecule has 1 saturated heterocycles. The van der Waals surface area contributed by atoms with Crippen molar-refractivity contribution >= 4 is 15.7 Å². The quantitative estimate of drug-likeness (QED) is 0.876. The molecule has 1 aromatic heterocycles. The van der Waals surface area contributed by atoms with E-state index in [-0.39, 0.29) is 17.4 Å². The molecule has 1 aliphatic rings. The van der Waals surface area contributed by atoms with Gasteiger partial charge in [-0.2, -0.15) is 0 Å². The number of anilines is 1. The monoisotopic (exact) mass is 255 g/mol. The van der Waals surface area contributed by atoms with Crippen LogP contribution in [0.15, 0.2) is 6.07 Å². The van der Waals surface area contributed by atoms with E-state index < -0.39 is 9.84 Å². The van der Waals surface area contributed by atoms with E-state index in [9.17, 15) is 8.42 Å². The molecule has 1 atom stereocenters. The first-order valence-electron chi connectivity index (χ1n) is 5.80. The van der Waals surface area contributed by atoms with Crippen molar-refractivity contribution in [3.05, 3.63) is 17.6 Å². The molecular formula is C11H17N3O2S. The average molecular weight is 255 g/mol. The topological polar surface area (TPSA) is 72.0 Å². The van der Waals surface area contributed by atoms with Gasteiger partial charge in [0.15, 0.2) is 9.84 Å². The minimum Gasteiger partial charge on any atom is -0.370 e. The first-order chi connectivity index (χ1) is 8.00. The predicted molar refractivity (Wildman–Crippen MR) is 66.9 cm³/mol. The van der Waals surface area contributed by atoms with E-state index in [2.05, 4.69) is 15.3 Å². The summed E-state index contributed by atoms with van der Waals surface area (Å²) in [6.07, 6.45) is 0.636. The zero-order valence-electron chi connectivity index (χ0n) is 10.1. The molecule has 0 saturated carbocycles. The number of nitrogens with zero attached hydrogens (tertiary/aromatic N) is 2. The Morgan fingerprint density at radius 2 is 2.24 bits per heavy atom. The number of nitrogens with one attached hydrogen (secondary N) is 1. The highest BCUT2D eigenvalue weighted by Gasteiger charge is 2.31. The summed E-state index contributed by atoms with van der Waals surface area (Å²) in [5.74, 6) is 1.83. The maximum Gasteiger partial charge on any atom is 0.151 e.